The zero-order valence-electron chi connectivity index (χ0n) is 14.2. The SMILES string of the molecule is O=C(CN1C(=O)C(=O)N(CCC2=CCCCC2)C1=O)c1ccc(I)cc1. The Hall–Kier alpha value is -2.03. The van der Waals surface area contributed by atoms with E-state index in [-0.39, 0.29) is 12.3 Å². The first kappa shape index (κ1) is 18.8. The molecular weight excluding hydrogens is 447 g/mol. The number of benzene rings is 1. The fraction of sp³-hybridized carbons (Fsp3) is 0.368. The minimum absolute atomic E-state index is 0.184. The third kappa shape index (κ3) is 4.03. The van der Waals surface area contributed by atoms with E-state index in [1.807, 2.05) is 0 Å². The summed E-state index contributed by atoms with van der Waals surface area (Å²) in [4.78, 5) is 50.8. The molecule has 6 nitrogen and oxygen atoms in total. The first-order valence-corrected chi connectivity index (χ1v) is 9.69. The van der Waals surface area contributed by atoms with Crippen LogP contribution in [0.25, 0.3) is 0 Å². The molecule has 0 unspecified atom stereocenters. The summed E-state index contributed by atoms with van der Waals surface area (Å²) in [5, 5.41) is 0. The molecule has 0 atom stereocenters. The number of Topliss-reactive ketones (excluding diaryl/α,β-unsaturated/α-hetero) is 1. The summed E-state index contributed by atoms with van der Waals surface area (Å²) in [5.41, 5.74) is 1.63. The quantitative estimate of drug-likeness (QED) is 0.212. The maximum Gasteiger partial charge on any atom is 0.334 e. The van der Waals surface area contributed by atoms with Gasteiger partial charge in [-0.3, -0.25) is 19.3 Å². The lowest BCUT2D eigenvalue weighted by atomic mass is 9.97. The summed E-state index contributed by atoms with van der Waals surface area (Å²) < 4.78 is 0.978. The average molecular weight is 466 g/mol. The summed E-state index contributed by atoms with van der Waals surface area (Å²) in [6, 6.07) is 6.14. The maximum absolute atomic E-state index is 12.5. The first-order valence-electron chi connectivity index (χ1n) is 8.61. The molecule has 1 aliphatic carbocycles. The van der Waals surface area contributed by atoms with E-state index in [9.17, 15) is 19.2 Å². The van der Waals surface area contributed by atoms with Crippen LogP contribution in [0.15, 0.2) is 35.9 Å². The van der Waals surface area contributed by atoms with E-state index in [1.54, 1.807) is 24.3 Å². The largest absolute Gasteiger partial charge is 0.334 e. The molecule has 0 radical (unpaired) electrons. The second-order valence-corrected chi connectivity index (χ2v) is 7.66. The number of carbonyl (C=O) groups excluding carboxylic acids is 4. The Bertz CT molecular complexity index is 785. The molecule has 1 aromatic rings. The van der Waals surface area contributed by atoms with Gasteiger partial charge in [0, 0.05) is 15.7 Å². The highest BCUT2D eigenvalue weighted by Crippen LogP contribution is 2.22. The van der Waals surface area contributed by atoms with Gasteiger partial charge in [0.05, 0.1) is 6.54 Å². The van der Waals surface area contributed by atoms with E-state index in [1.165, 1.54) is 5.57 Å². The first-order chi connectivity index (χ1) is 12.5. The highest BCUT2D eigenvalue weighted by atomic mass is 127. The number of allylic oxidation sites excluding steroid dienone is 1. The van der Waals surface area contributed by atoms with Crippen LogP contribution in [-0.2, 0) is 9.59 Å². The van der Waals surface area contributed by atoms with Gasteiger partial charge in [0.15, 0.2) is 5.78 Å². The molecule has 0 aromatic heterocycles. The van der Waals surface area contributed by atoms with Gasteiger partial charge in [0.1, 0.15) is 0 Å². The van der Waals surface area contributed by atoms with Crippen molar-refractivity contribution >= 4 is 46.2 Å². The number of halogens is 1. The third-order valence-corrected chi connectivity index (χ3v) is 5.36. The zero-order chi connectivity index (χ0) is 18.7. The molecule has 1 heterocycles. The standard InChI is InChI=1S/C19H19IN2O4/c20-15-8-6-14(7-9-15)16(23)12-22-18(25)17(24)21(19(22)26)11-10-13-4-2-1-3-5-13/h4,6-9H,1-3,5,10-12H2. The van der Waals surface area contributed by atoms with E-state index in [0.717, 1.165) is 39.1 Å². The van der Waals surface area contributed by atoms with Gasteiger partial charge in [-0.2, -0.15) is 0 Å². The Morgan fingerprint density at radius 2 is 1.69 bits per heavy atom. The van der Waals surface area contributed by atoms with Crippen LogP contribution in [-0.4, -0.2) is 46.5 Å². The van der Waals surface area contributed by atoms with Crippen molar-refractivity contribution in [3.63, 3.8) is 0 Å². The number of urea groups is 1. The van der Waals surface area contributed by atoms with Gasteiger partial charge >= 0.3 is 17.8 Å². The molecule has 0 N–H and O–H groups in total. The molecule has 1 saturated heterocycles. The fourth-order valence-electron chi connectivity index (χ4n) is 3.14. The molecule has 1 fully saturated rings. The van der Waals surface area contributed by atoms with Crippen molar-refractivity contribution in [1.82, 2.24) is 9.80 Å². The number of hydrogen-bond acceptors (Lipinski definition) is 4. The van der Waals surface area contributed by atoms with Gasteiger partial charge in [0.25, 0.3) is 0 Å². The smallest absolute Gasteiger partial charge is 0.292 e. The number of carbonyl (C=O) groups is 4. The lowest BCUT2D eigenvalue weighted by molar-refractivity contribution is -0.143. The number of ketones is 1. The molecule has 26 heavy (non-hydrogen) atoms. The molecule has 136 valence electrons. The van der Waals surface area contributed by atoms with Gasteiger partial charge in [-0.1, -0.05) is 23.8 Å². The summed E-state index contributed by atoms with van der Waals surface area (Å²) in [6.45, 7) is -0.230. The van der Waals surface area contributed by atoms with E-state index < -0.39 is 24.4 Å². The van der Waals surface area contributed by atoms with Crippen LogP contribution < -0.4 is 0 Å². The van der Waals surface area contributed by atoms with E-state index in [2.05, 4.69) is 28.7 Å². The highest BCUT2D eigenvalue weighted by molar-refractivity contribution is 14.1. The summed E-state index contributed by atoms with van der Waals surface area (Å²) >= 11 is 2.12. The molecule has 0 bridgehead atoms. The molecule has 2 aliphatic rings. The van der Waals surface area contributed by atoms with Crippen LogP contribution in [0, 0.1) is 3.57 Å². The molecular formula is C19H19IN2O4. The van der Waals surface area contributed by atoms with Crippen molar-refractivity contribution in [1.29, 1.82) is 0 Å². The maximum atomic E-state index is 12.5. The summed E-state index contributed by atoms with van der Waals surface area (Å²) in [6.07, 6.45) is 7.01. The minimum Gasteiger partial charge on any atom is -0.292 e. The van der Waals surface area contributed by atoms with Gasteiger partial charge in [-0.25, -0.2) is 9.69 Å². The molecule has 3 rings (SSSR count). The molecule has 1 aromatic carbocycles. The summed E-state index contributed by atoms with van der Waals surface area (Å²) in [7, 11) is 0. The van der Waals surface area contributed by atoms with Crippen molar-refractivity contribution in [3.8, 4) is 0 Å². The molecule has 0 saturated carbocycles. The zero-order valence-corrected chi connectivity index (χ0v) is 16.4. The number of hydrogen-bond donors (Lipinski definition) is 0. The lowest BCUT2D eigenvalue weighted by Crippen LogP contribution is -2.37. The van der Waals surface area contributed by atoms with Crippen molar-refractivity contribution < 1.29 is 19.2 Å². The minimum atomic E-state index is -0.925. The Morgan fingerprint density at radius 1 is 1.00 bits per heavy atom. The molecule has 7 heteroatoms. The van der Waals surface area contributed by atoms with Crippen molar-refractivity contribution in [3.05, 3.63) is 45.0 Å². The number of imide groups is 2. The number of amides is 4. The van der Waals surface area contributed by atoms with Gasteiger partial charge in [-0.05, 0) is 66.8 Å². The van der Waals surface area contributed by atoms with Crippen LogP contribution >= 0.6 is 22.6 Å². The van der Waals surface area contributed by atoms with E-state index >= 15 is 0 Å². The molecule has 0 spiro atoms. The Morgan fingerprint density at radius 3 is 2.35 bits per heavy atom. The van der Waals surface area contributed by atoms with Crippen LogP contribution in [0.3, 0.4) is 0 Å². The predicted octanol–water partition coefficient (Wildman–Crippen LogP) is 3.16. The van der Waals surface area contributed by atoms with E-state index in [4.69, 9.17) is 0 Å². The number of rotatable bonds is 6. The highest BCUT2D eigenvalue weighted by Gasteiger charge is 2.44. The van der Waals surface area contributed by atoms with E-state index in [0.29, 0.717) is 12.0 Å². The monoisotopic (exact) mass is 466 g/mol. The number of nitrogens with zero attached hydrogens (tertiary/aromatic N) is 2. The second-order valence-electron chi connectivity index (χ2n) is 6.42. The molecule has 4 amide bonds. The van der Waals surface area contributed by atoms with Crippen LogP contribution in [0.5, 0.6) is 0 Å². The van der Waals surface area contributed by atoms with Crippen LogP contribution in [0.4, 0.5) is 4.79 Å². The molecule has 1 aliphatic heterocycles. The predicted molar refractivity (Wildman–Crippen MR) is 103 cm³/mol. The third-order valence-electron chi connectivity index (χ3n) is 4.64. The van der Waals surface area contributed by atoms with Crippen LogP contribution in [0.2, 0.25) is 0 Å². The second kappa shape index (κ2) is 8.11. The van der Waals surface area contributed by atoms with Crippen LogP contribution in [0.1, 0.15) is 42.5 Å². The van der Waals surface area contributed by atoms with Crippen molar-refractivity contribution in [2.24, 2.45) is 0 Å². The normalized spacial score (nSPS) is 17.7. The lowest BCUT2D eigenvalue weighted by Gasteiger charge is -2.17. The Kier molecular flexibility index (Phi) is 5.85. The van der Waals surface area contributed by atoms with Crippen molar-refractivity contribution in [2.75, 3.05) is 13.1 Å². The van der Waals surface area contributed by atoms with Gasteiger partial charge in [0.2, 0.25) is 0 Å². The topological polar surface area (TPSA) is 74.8 Å². The average Bonchev–Trinajstić information content (AvgIpc) is 2.85. The van der Waals surface area contributed by atoms with Gasteiger partial charge < -0.3 is 0 Å². The fourth-order valence-corrected chi connectivity index (χ4v) is 3.50. The summed E-state index contributed by atoms with van der Waals surface area (Å²) in [5.74, 6) is -2.14. The Labute approximate surface area is 165 Å². The Balaban J connectivity index is 1.65. The van der Waals surface area contributed by atoms with Crippen molar-refractivity contribution in [2.45, 2.75) is 32.1 Å². The van der Waals surface area contributed by atoms with Gasteiger partial charge in [-0.15, -0.1) is 0 Å².